The van der Waals surface area contributed by atoms with Crippen molar-refractivity contribution in [2.75, 3.05) is 18.8 Å². The molecule has 1 aromatic rings. The molecule has 0 bridgehead atoms. The van der Waals surface area contributed by atoms with Crippen molar-refractivity contribution >= 4 is 36.9 Å². The van der Waals surface area contributed by atoms with E-state index < -0.39 is 24.8 Å². The normalized spacial score (nSPS) is 17.7. The number of nitro benzene ring substituents is 1. The summed E-state index contributed by atoms with van der Waals surface area (Å²) in [5, 5.41) is 12.5. The molecule has 172 valence electrons. The molecule has 1 fully saturated rings. The minimum absolute atomic E-state index is 0.0103. The Labute approximate surface area is 188 Å². The Morgan fingerprint density at radius 2 is 1.81 bits per heavy atom. The smallest absolute Gasteiger partial charge is 0.309 e. The van der Waals surface area contributed by atoms with Crippen LogP contribution in [0.4, 0.5) is 5.69 Å². The fourth-order valence-corrected chi connectivity index (χ4v) is 8.15. The van der Waals surface area contributed by atoms with Crippen molar-refractivity contribution in [2.24, 2.45) is 0 Å². The third kappa shape index (κ3) is 6.86. The lowest BCUT2D eigenvalue weighted by Gasteiger charge is -2.45. The number of nitrogens with zero attached hydrogens (tertiary/aromatic N) is 2. The van der Waals surface area contributed by atoms with Gasteiger partial charge in [0.1, 0.15) is 6.61 Å². The van der Waals surface area contributed by atoms with E-state index in [1.807, 2.05) is 11.6 Å². The number of thioether (sulfide) groups is 1. The second kappa shape index (κ2) is 10.7. The van der Waals surface area contributed by atoms with Crippen LogP contribution in [-0.2, 0) is 25.5 Å². The third-order valence-electron chi connectivity index (χ3n) is 5.80. The summed E-state index contributed by atoms with van der Waals surface area (Å²) in [5.74, 6) is -0.0854. The number of hydroxylamine groups is 2. The quantitative estimate of drug-likeness (QED) is 0.223. The van der Waals surface area contributed by atoms with E-state index in [4.69, 9.17) is 9.26 Å². The molecule has 31 heavy (non-hydrogen) atoms. The topological polar surface area (TPSA) is 99.0 Å². The Kier molecular flexibility index (Phi) is 8.81. The van der Waals surface area contributed by atoms with E-state index in [9.17, 15) is 19.7 Å². The van der Waals surface area contributed by atoms with Crippen LogP contribution in [0.2, 0.25) is 17.1 Å². The summed E-state index contributed by atoms with van der Waals surface area (Å²) in [6.07, 6.45) is 2.12. The molecule has 1 heterocycles. The lowest BCUT2D eigenvalue weighted by molar-refractivity contribution is -0.384. The lowest BCUT2D eigenvalue weighted by Crippen LogP contribution is -2.55. The van der Waals surface area contributed by atoms with Crippen LogP contribution < -0.4 is 0 Å². The zero-order chi connectivity index (χ0) is 23.2. The highest BCUT2D eigenvalue weighted by Crippen LogP contribution is 2.47. The minimum atomic E-state index is -2.75. The second-order valence-corrected chi connectivity index (χ2v) is 14.8. The van der Waals surface area contributed by atoms with Gasteiger partial charge in [0.2, 0.25) is 8.32 Å². The van der Waals surface area contributed by atoms with E-state index in [1.165, 1.54) is 19.1 Å². The number of benzene rings is 1. The molecule has 1 saturated heterocycles. The summed E-state index contributed by atoms with van der Waals surface area (Å²) in [6.45, 7) is 11.4. The van der Waals surface area contributed by atoms with Crippen LogP contribution in [0.5, 0.6) is 0 Å². The maximum Gasteiger partial charge on any atom is 0.309 e. The summed E-state index contributed by atoms with van der Waals surface area (Å²) in [6, 6.07) is 5.92. The number of nitro groups is 1. The summed E-state index contributed by atoms with van der Waals surface area (Å²) in [4.78, 5) is 35.3. The monoisotopic (exact) mass is 468 g/mol. The van der Waals surface area contributed by atoms with E-state index in [0.29, 0.717) is 11.3 Å². The molecule has 0 saturated carbocycles. The first-order valence-corrected chi connectivity index (χ1v) is 13.9. The molecular formula is C21H32N2O6SSi. The van der Waals surface area contributed by atoms with Gasteiger partial charge >= 0.3 is 5.97 Å². The average Bonchev–Trinajstić information content (AvgIpc) is 3.18. The van der Waals surface area contributed by atoms with Gasteiger partial charge in [0.25, 0.3) is 5.69 Å². The maximum atomic E-state index is 13.3. The van der Waals surface area contributed by atoms with Gasteiger partial charge in [-0.3, -0.25) is 19.7 Å². The van der Waals surface area contributed by atoms with E-state index in [0.717, 1.165) is 37.7 Å². The highest BCUT2D eigenvalue weighted by molar-refractivity contribution is 8.13. The molecule has 0 aromatic heterocycles. The van der Waals surface area contributed by atoms with Crippen LogP contribution in [-0.4, -0.2) is 48.2 Å². The predicted octanol–water partition coefficient (Wildman–Crippen LogP) is 4.69. The molecule has 1 aliphatic rings. The highest BCUT2D eigenvalue weighted by Gasteiger charge is 2.54. The van der Waals surface area contributed by atoms with Gasteiger partial charge in [-0.05, 0) is 42.1 Å². The van der Waals surface area contributed by atoms with Crippen molar-refractivity contribution in [3.8, 4) is 0 Å². The average molecular weight is 469 g/mol. The van der Waals surface area contributed by atoms with Gasteiger partial charge in [0.15, 0.2) is 5.12 Å². The highest BCUT2D eigenvalue weighted by atomic mass is 32.2. The molecular weight excluding hydrogens is 436 g/mol. The summed E-state index contributed by atoms with van der Waals surface area (Å²) in [5.41, 5.74) is 0.106. The summed E-state index contributed by atoms with van der Waals surface area (Å²) in [7, 11) is -2.75. The van der Waals surface area contributed by atoms with Gasteiger partial charge in [-0.1, -0.05) is 32.5 Å². The first-order valence-electron chi connectivity index (χ1n) is 10.4. The molecule has 1 aliphatic heterocycles. The Morgan fingerprint density at radius 1 is 1.23 bits per heavy atom. The molecule has 8 nitrogen and oxygen atoms in total. The molecule has 10 heteroatoms. The van der Waals surface area contributed by atoms with Gasteiger partial charge in [-0.25, -0.2) is 5.06 Å². The fraction of sp³-hybridized carbons (Fsp3) is 0.619. The Morgan fingerprint density at radius 3 is 2.29 bits per heavy atom. The number of hydrogen-bond donors (Lipinski definition) is 0. The van der Waals surface area contributed by atoms with Crippen LogP contribution in [0.3, 0.4) is 0 Å². The van der Waals surface area contributed by atoms with Crippen LogP contribution in [0.15, 0.2) is 24.3 Å². The second-order valence-electron chi connectivity index (χ2n) is 8.97. The number of rotatable bonds is 9. The van der Waals surface area contributed by atoms with E-state index in [1.54, 1.807) is 12.1 Å². The number of carbonyl (C=O) groups excluding carboxylic acids is 2. The van der Waals surface area contributed by atoms with E-state index in [-0.39, 0.29) is 22.4 Å². The first kappa shape index (κ1) is 25.5. The Bertz CT molecular complexity index is 792. The van der Waals surface area contributed by atoms with Crippen molar-refractivity contribution in [3.05, 3.63) is 39.9 Å². The predicted molar refractivity (Wildman–Crippen MR) is 123 cm³/mol. The van der Waals surface area contributed by atoms with Crippen LogP contribution in [0.1, 0.15) is 46.1 Å². The largest absolute Gasteiger partial charge is 0.461 e. The summed E-state index contributed by atoms with van der Waals surface area (Å²) >= 11 is 1.12. The molecule has 0 spiro atoms. The van der Waals surface area contributed by atoms with Crippen molar-refractivity contribution in [3.63, 3.8) is 0 Å². The van der Waals surface area contributed by atoms with Crippen molar-refractivity contribution in [1.29, 1.82) is 0 Å². The van der Waals surface area contributed by atoms with Crippen molar-refractivity contribution in [2.45, 2.75) is 64.3 Å². The number of esters is 1. The fourth-order valence-electron chi connectivity index (χ4n) is 3.39. The number of carbonyl (C=O) groups is 2. The van der Waals surface area contributed by atoms with Gasteiger partial charge < -0.3 is 9.26 Å². The molecule has 0 aliphatic carbocycles. The molecule has 2 atom stereocenters. The van der Waals surface area contributed by atoms with E-state index in [2.05, 4.69) is 20.8 Å². The number of ether oxygens (including phenoxy) is 1. The van der Waals surface area contributed by atoms with Gasteiger partial charge in [0.05, 0.1) is 10.5 Å². The molecule has 0 amide bonds. The Hall–Kier alpha value is -1.75. The molecule has 2 unspecified atom stereocenters. The van der Waals surface area contributed by atoms with Crippen molar-refractivity contribution < 1.29 is 23.8 Å². The van der Waals surface area contributed by atoms with Crippen LogP contribution >= 0.6 is 11.8 Å². The third-order valence-corrected chi connectivity index (χ3v) is 12.4. The summed E-state index contributed by atoms with van der Waals surface area (Å²) < 4.78 is 12.2. The molecule has 0 N–H and O–H groups in total. The van der Waals surface area contributed by atoms with Crippen LogP contribution in [0, 0.1) is 10.1 Å². The number of hydrogen-bond acceptors (Lipinski definition) is 8. The zero-order valence-corrected chi connectivity index (χ0v) is 20.7. The lowest BCUT2D eigenvalue weighted by atomic mass is 10.2. The van der Waals surface area contributed by atoms with Gasteiger partial charge in [0, 0.05) is 37.9 Å². The van der Waals surface area contributed by atoms with Gasteiger partial charge in [-0.2, -0.15) is 0 Å². The van der Waals surface area contributed by atoms with Crippen LogP contribution in [0.25, 0.3) is 0 Å². The SMILES string of the molecule is CC(=O)SCC(C(=O)OCc1ccc([N+](=O)[O-])cc1)[Si](C)(ON1CCCC1)C(C)(C)C. The number of non-ortho nitro benzene ring substituents is 1. The molecule has 0 radical (unpaired) electrons. The maximum absolute atomic E-state index is 13.3. The first-order chi connectivity index (χ1) is 14.4. The molecule has 2 rings (SSSR count). The minimum Gasteiger partial charge on any atom is -0.461 e. The van der Waals surface area contributed by atoms with E-state index >= 15 is 0 Å². The standard InChI is InChI=1S/C21H32N2O6SSi/c1-16(24)30-15-19(31(5,21(2,3)4)29-22-12-6-7-13-22)20(25)28-14-17-8-10-18(11-9-17)23(26)27/h8-11,19H,6-7,12-15H2,1-5H3. The Balaban J connectivity index is 2.21. The van der Waals surface area contributed by atoms with Crippen molar-refractivity contribution in [1.82, 2.24) is 5.06 Å². The molecule has 1 aromatic carbocycles. The van der Waals surface area contributed by atoms with Gasteiger partial charge in [-0.15, -0.1) is 0 Å². The zero-order valence-electron chi connectivity index (χ0n) is 18.9.